The minimum Gasteiger partial charge on any atom is -0.370 e. The Bertz CT molecular complexity index is 212. The first-order chi connectivity index (χ1) is 4.79. The van der Waals surface area contributed by atoms with Crippen LogP contribution in [0.4, 0.5) is 0 Å². The zero-order chi connectivity index (χ0) is 7.40. The summed E-state index contributed by atoms with van der Waals surface area (Å²) in [7, 11) is 0. The molecule has 0 saturated heterocycles. The highest BCUT2D eigenvalue weighted by atomic mass is 16.5. The van der Waals surface area contributed by atoms with E-state index in [1.54, 1.807) is 6.07 Å². The average molecular weight is 140 g/mol. The van der Waals surface area contributed by atoms with Gasteiger partial charge in [-0.1, -0.05) is 5.16 Å². The lowest BCUT2D eigenvalue weighted by Gasteiger charge is -1.87. The van der Waals surface area contributed by atoms with E-state index in [2.05, 4.69) is 14.7 Å². The molecule has 0 radical (unpaired) electrons. The molecule has 0 atom stereocenters. The number of rotatable bonds is 2. The fourth-order valence-electron chi connectivity index (χ4n) is 0.491. The molecule has 0 fully saturated rings. The predicted molar refractivity (Wildman–Crippen MR) is 36.0 cm³/mol. The van der Waals surface area contributed by atoms with Gasteiger partial charge in [0, 0.05) is 6.07 Å². The molecule has 10 heavy (non-hydrogen) atoms. The number of aromatic nitrogens is 1. The summed E-state index contributed by atoms with van der Waals surface area (Å²) >= 11 is 0. The number of hydrogen-bond donors (Lipinski definition) is 2. The van der Waals surface area contributed by atoms with Gasteiger partial charge in [0.15, 0.2) is 5.96 Å². The normalized spacial score (nSPS) is 9.20. The van der Waals surface area contributed by atoms with Crippen LogP contribution >= 0.6 is 0 Å². The first-order valence-corrected chi connectivity index (χ1v) is 2.73. The smallest absolute Gasteiger partial charge is 0.186 e. The summed E-state index contributed by atoms with van der Waals surface area (Å²) in [5.41, 5.74) is 10.9. The van der Waals surface area contributed by atoms with E-state index < -0.39 is 0 Å². The van der Waals surface area contributed by atoms with Crippen molar-refractivity contribution in [2.24, 2.45) is 16.5 Å². The lowest BCUT2D eigenvalue weighted by atomic mass is 10.4. The molecule has 4 N–H and O–H groups in total. The van der Waals surface area contributed by atoms with Crippen LogP contribution in [-0.2, 0) is 6.54 Å². The molecule has 0 aromatic carbocycles. The molecule has 0 amide bonds. The van der Waals surface area contributed by atoms with Gasteiger partial charge in [-0.15, -0.1) is 0 Å². The molecule has 1 aromatic heterocycles. The summed E-state index contributed by atoms with van der Waals surface area (Å²) in [6.45, 7) is 0.374. The van der Waals surface area contributed by atoms with Crippen molar-refractivity contribution < 1.29 is 4.52 Å². The molecule has 5 heteroatoms. The zero-order valence-corrected chi connectivity index (χ0v) is 5.32. The SMILES string of the molecule is NC(N)=NCc1ccon1. The van der Waals surface area contributed by atoms with Gasteiger partial charge in [-0.3, -0.25) is 0 Å². The standard InChI is InChI=1S/C5H8N4O/c6-5(7)8-3-4-1-2-10-9-4/h1-2H,3H2,(H4,6,7,8). The maximum Gasteiger partial charge on any atom is 0.186 e. The first-order valence-electron chi connectivity index (χ1n) is 2.73. The molecule has 1 aromatic rings. The Morgan fingerprint density at radius 3 is 3.00 bits per heavy atom. The third-order valence-electron chi connectivity index (χ3n) is 0.915. The van der Waals surface area contributed by atoms with Crippen molar-refractivity contribution >= 4 is 5.96 Å². The predicted octanol–water partition coefficient (Wildman–Crippen LogP) is -0.552. The second-order valence-corrected chi connectivity index (χ2v) is 1.73. The van der Waals surface area contributed by atoms with Crippen LogP contribution in [-0.4, -0.2) is 11.1 Å². The highest BCUT2D eigenvalue weighted by Gasteiger charge is 1.92. The molecule has 0 aliphatic heterocycles. The number of nitrogens with zero attached hydrogens (tertiary/aromatic N) is 2. The van der Waals surface area contributed by atoms with Gasteiger partial charge >= 0.3 is 0 Å². The summed E-state index contributed by atoms with van der Waals surface area (Å²) in [5.74, 6) is 0.0583. The van der Waals surface area contributed by atoms with Crippen molar-refractivity contribution in [2.75, 3.05) is 0 Å². The van der Waals surface area contributed by atoms with E-state index >= 15 is 0 Å². The van der Waals surface area contributed by atoms with Crippen molar-refractivity contribution in [3.05, 3.63) is 18.0 Å². The highest BCUT2D eigenvalue weighted by Crippen LogP contribution is 1.94. The maximum absolute atomic E-state index is 5.08. The fraction of sp³-hybridized carbons (Fsp3) is 0.200. The topological polar surface area (TPSA) is 90.4 Å². The summed E-state index contributed by atoms with van der Waals surface area (Å²) in [6.07, 6.45) is 1.47. The fourth-order valence-corrected chi connectivity index (χ4v) is 0.491. The van der Waals surface area contributed by atoms with E-state index in [0.29, 0.717) is 12.2 Å². The zero-order valence-electron chi connectivity index (χ0n) is 5.32. The van der Waals surface area contributed by atoms with Crippen LogP contribution in [0.1, 0.15) is 5.69 Å². The number of aliphatic imine (C=N–C) groups is 1. The number of hydrogen-bond acceptors (Lipinski definition) is 3. The van der Waals surface area contributed by atoms with Gasteiger partial charge in [-0.25, -0.2) is 4.99 Å². The molecule has 5 nitrogen and oxygen atoms in total. The third kappa shape index (κ3) is 1.77. The third-order valence-corrected chi connectivity index (χ3v) is 0.915. The molecule has 54 valence electrons. The van der Waals surface area contributed by atoms with Gasteiger partial charge in [0.1, 0.15) is 12.0 Å². The average Bonchev–Trinajstić information content (AvgIpc) is 2.34. The molecule has 1 rings (SSSR count). The van der Waals surface area contributed by atoms with Gasteiger partial charge < -0.3 is 16.0 Å². The second kappa shape index (κ2) is 2.86. The van der Waals surface area contributed by atoms with Crippen LogP contribution < -0.4 is 11.5 Å². The van der Waals surface area contributed by atoms with Crippen molar-refractivity contribution in [1.82, 2.24) is 5.16 Å². The Labute approximate surface area is 57.7 Å². The van der Waals surface area contributed by atoms with Gasteiger partial charge in [0.2, 0.25) is 0 Å². The lowest BCUT2D eigenvalue weighted by molar-refractivity contribution is 0.412. The Kier molecular flexibility index (Phi) is 1.89. The van der Waals surface area contributed by atoms with E-state index in [1.165, 1.54) is 6.26 Å². The van der Waals surface area contributed by atoms with Crippen molar-refractivity contribution in [1.29, 1.82) is 0 Å². The molecule has 0 aliphatic rings. The molecular weight excluding hydrogens is 132 g/mol. The van der Waals surface area contributed by atoms with Crippen LogP contribution in [0.5, 0.6) is 0 Å². The first kappa shape index (κ1) is 6.60. The van der Waals surface area contributed by atoms with Crippen LogP contribution in [0.2, 0.25) is 0 Å². The highest BCUT2D eigenvalue weighted by molar-refractivity contribution is 5.75. The van der Waals surface area contributed by atoms with Gasteiger partial charge in [-0.2, -0.15) is 0 Å². The number of guanidine groups is 1. The molecule has 1 heterocycles. The van der Waals surface area contributed by atoms with E-state index in [9.17, 15) is 0 Å². The molecule has 0 spiro atoms. The number of nitrogens with two attached hydrogens (primary N) is 2. The Morgan fingerprint density at radius 1 is 1.70 bits per heavy atom. The summed E-state index contributed by atoms with van der Waals surface area (Å²) in [4.78, 5) is 3.72. The van der Waals surface area contributed by atoms with Gasteiger partial charge in [-0.05, 0) is 0 Å². The van der Waals surface area contributed by atoms with Crippen LogP contribution in [0.3, 0.4) is 0 Å². The summed E-state index contributed by atoms with van der Waals surface area (Å²) < 4.78 is 4.55. The Morgan fingerprint density at radius 2 is 2.50 bits per heavy atom. The second-order valence-electron chi connectivity index (χ2n) is 1.73. The van der Waals surface area contributed by atoms with Crippen molar-refractivity contribution in [3.63, 3.8) is 0 Å². The Balaban J connectivity index is 2.49. The van der Waals surface area contributed by atoms with Crippen LogP contribution in [0.25, 0.3) is 0 Å². The van der Waals surface area contributed by atoms with Gasteiger partial charge in [0.25, 0.3) is 0 Å². The molecule has 0 unspecified atom stereocenters. The van der Waals surface area contributed by atoms with Gasteiger partial charge in [0.05, 0.1) is 6.54 Å². The van der Waals surface area contributed by atoms with Crippen LogP contribution in [0, 0.1) is 0 Å². The Hall–Kier alpha value is -1.52. The minimum atomic E-state index is 0.0583. The largest absolute Gasteiger partial charge is 0.370 e. The lowest BCUT2D eigenvalue weighted by Crippen LogP contribution is -2.22. The molecule has 0 aliphatic carbocycles. The van der Waals surface area contributed by atoms with Crippen molar-refractivity contribution in [2.45, 2.75) is 6.54 Å². The van der Waals surface area contributed by atoms with E-state index in [-0.39, 0.29) is 5.96 Å². The molecule has 0 saturated carbocycles. The minimum absolute atomic E-state index is 0.0583. The molecule has 0 bridgehead atoms. The monoisotopic (exact) mass is 140 g/mol. The summed E-state index contributed by atoms with van der Waals surface area (Å²) in [6, 6.07) is 1.70. The summed E-state index contributed by atoms with van der Waals surface area (Å²) in [5, 5.41) is 3.60. The maximum atomic E-state index is 5.08. The van der Waals surface area contributed by atoms with E-state index in [1.807, 2.05) is 0 Å². The van der Waals surface area contributed by atoms with E-state index in [0.717, 1.165) is 0 Å². The van der Waals surface area contributed by atoms with Crippen LogP contribution in [0.15, 0.2) is 21.8 Å². The molecular formula is C5H8N4O. The van der Waals surface area contributed by atoms with E-state index in [4.69, 9.17) is 11.5 Å². The quantitative estimate of drug-likeness (QED) is 0.426. The van der Waals surface area contributed by atoms with Crippen molar-refractivity contribution in [3.8, 4) is 0 Å².